The van der Waals surface area contributed by atoms with Crippen molar-refractivity contribution in [3.05, 3.63) is 278 Å². The number of nitrogens with zero attached hydrogens (tertiary/aromatic N) is 2. The molecule has 3 heteroatoms. The zero-order valence-electron chi connectivity index (χ0n) is 43.6. The molecule has 0 N–H and O–H groups in total. The Balaban J connectivity index is 1.01. The van der Waals surface area contributed by atoms with Gasteiger partial charge >= 0.3 is 0 Å². The smallest absolute Gasteiger partial charge is 0.145 e. The van der Waals surface area contributed by atoms with Gasteiger partial charge in [-0.3, -0.25) is 0 Å². The van der Waals surface area contributed by atoms with Crippen molar-refractivity contribution in [1.82, 2.24) is 0 Å². The molecular formula is C73H58N2O. The van der Waals surface area contributed by atoms with Crippen molar-refractivity contribution in [2.45, 2.75) is 45.4 Å². The van der Waals surface area contributed by atoms with Crippen molar-refractivity contribution in [3.8, 4) is 55.6 Å². The Morgan fingerprint density at radius 2 is 0.737 bits per heavy atom. The number of hydrogen-bond donors (Lipinski definition) is 0. The summed E-state index contributed by atoms with van der Waals surface area (Å²) in [5, 5.41) is 2.21. The summed E-state index contributed by atoms with van der Waals surface area (Å²) < 4.78 is 7.30. The minimum Gasteiger partial charge on any atom is -0.455 e. The maximum absolute atomic E-state index is 7.30. The lowest BCUT2D eigenvalue weighted by Crippen LogP contribution is -2.18. The van der Waals surface area contributed by atoms with Crippen molar-refractivity contribution in [3.63, 3.8) is 0 Å². The molecule has 0 unspecified atom stereocenters. The number of benzene rings is 11. The number of fused-ring (bicyclic) bond motifs is 7. The largest absolute Gasteiger partial charge is 0.455 e. The maximum Gasteiger partial charge on any atom is 0.145 e. The summed E-state index contributed by atoms with van der Waals surface area (Å²) in [5.74, 6) is 0. The van der Waals surface area contributed by atoms with Crippen LogP contribution in [-0.4, -0.2) is 0 Å². The Hall–Kier alpha value is -9.18. The van der Waals surface area contributed by atoms with Crippen molar-refractivity contribution < 1.29 is 4.42 Å². The highest BCUT2D eigenvalue weighted by Crippen LogP contribution is 2.57. The molecule has 0 fully saturated rings. The topological polar surface area (TPSA) is 19.6 Å². The van der Waals surface area contributed by atoms with Crippen molar-refractivity contribution in [2.75, 3.05) is 9.80 Å². The van der Waals surface area contributed by atoms with Crippen molar-refractivity contribution in [2.24, 2.45) is 0 Å². The summed E-state index contributed by atoms with van der Waals surface area (Å²) >= 11 is 0. The quantitative estimate of drug-likeness (QED) is 0.136. The number of anilines is 6. The fraction of sp³-hybridized carbons (Fsp3) is 0.0959. The molecule has 13 rings (SSSR count). The lowest BCUT2D eigenvalue weighted by atomic mass is 9.81. The van der Waals surface area contributed by atoms with Gasteiger partial charge in [-0.1, -0.05) is 217 Å². The second kappa shape index (κ2) is 18.6. The van der Waals surface area contributed by atoms with Crippen LogP contribution in [0.1, 0.15) is 51.3 Å². The van der Waals surface area contributed by atoms with E-state index in [1.54, 1.807) is 0 Å². The number of hydrogen-bond acceptors (Lipinski definition) is 3. The van der Waals surface area contributed by atoms with E-state index in [0.717, 1.165) is 61.6 Å². The average Bonchev–Trinajstić information content (AvgIpc) is 3.96. The van der Waals surface area contributed by atoms with Gasteiger partial charge in [-0.15, -0.1) is 0 Å². The molecule has 0 bridgehead atoms. The molecule has 76 heavy (non-hydrogen) atoms. The van der Waals surface area contributed by atoms with Crippen molar-refractivity contribution >= 4 is 56.1 Å². The zero-order chi connectivity index (χ0) is 51.5. The minimum absolute atomic E-state index is 0.0739. The van der Waals surface area contributed by atoms with Crippen LogP contribution in [0.5, 0.6) is 0 Å². The highest BCUT2D eigenvalue weighted by molar-refractivity contribution is 6.19. The third kappa shape index (κ3) is 8.26. The third-order valence-electron chi connectivity index (χ3n) is 15.6. The van der Waals surface area contributed by atoms with E-state index in [1.165, 1.54) is 66.8 Å². The molecule has 1 aliphatic carbocycles. The molecule has 11 aromatic carbocycles. The molecule has 0 aliphatic heterocycles. The summed E-state index contributed by atoms with van der Waals surface area (Å²) in [5.41, 5.74) is 23.4. The molecule has 366 valence electrons. The molecule has 0 saturated carbocycles. The van der Waals surface area contributed by atoms with Gasteiger partial charge in [0.15, 0.2) is 0 Å². The molecule has 0 amide bonds. The van der Waals surface area contributed by atoms with Gasteiger partial charge in [-0.2, -0.15) is 0 Å². The first-order valence-electron chi connectivity index (χ1n) is 26.5. The minimum atomic E-state index is -0.417. The van der Waals surface area contributed by atoms with Crippen LogP contribution in [0.2, 0.25) is 0 Å². The molecule has 0 atom stereocenters. The van der Waals surface area contributed by atoms with Crippen LogP contribution < -0.4 is 9.80 Å². The van der Waals surface area contributed by atoms with Gasteiger partial charge in [-0.25, -0.2) is 0 Å². The van der Waals surface area contributed by atoms with Crippen LogP contribution >= 0.6 is 0 Å². The van der Waals surface area contributed by atoms with E-state index in [1.807, 2.05) is 0 Å². The highest BCUT2D eigenvalue weighted by Gasteiger charge is 2.40. The first-order chi connectivity index (χ1) is 37.1. The van der Waals surface area contributed by atoms with Crippen LogP contribution in [0.3, 0.4) is 0 Å². The Morgan fingerprint density at radius 3 is 1.14 bits per heavy atom. The summed E-state index contributed by atoms with van der Waals surface area (Å²) in [6, 6.07) is 95.0. The summed E-state index contributed by atoms with van der Waals surface area (Å²) in [6.45, 7) is 11.6. The van der Waals surface area contributed by atoms with Gasteiger partial charge in [0.2, 0.25) is 0 Å². The van der Waals surface area contributed by atoms with E-state index in [9.17, 15) is 0 Å². The highest BCUT2D eigenvalue weighted by atomic mass is 16.3. The Morgan fingerprint density at radius 1 is 0.355 bits per heavy atom. The maximum atomic E-state index is 7.30. The first kappa shape index (κ1) is 46.6. The van der Waals surface area contributed by atoms with E-state index in [2.05, 4.69) is 305 Å². The van der Waals surface area contributed by atoms with E-state index in [0.29, 0.717) is 0 Å². The normalized spacial score (nSPS) is 12.6. The van der Waals surface area contributed by atoms with Crippen LogP contribution in [0.15, 0.2) is 265 Å². The lowest BCUT2D eigenvalue weighted by molar-refractivity contribution is 0.590. The van der Waals surface area contributed by atoms with E-state index in [4.69, 9.17) is 4.42 Å². The standard InChI is InChI=1S/C73H58N2O/c1-72(2,3)57-34-45-68-64(46-57)70-67(75(60-39-30-55(31-40-60)51-22-14-8-15-23-51)61-41-32-56(33-42-61)52-24-16-9-17-25-52)48-66-69(71(70)76-68)63-44-43-62(47-65(63)73(66,4)5)74(58-35-26-53(27-36-58)49-18-10-6-11-19-49)59-37-28-54(29-38-59)50-20-12-7-13-21-50/h6-48H,1-5H3. The van der Waals surface area contributed by atoms with Crippen LogP contribution in [-0.2, 0) is 10.8 Å². The van der Waals surface area contributed by atoms with Crippen LogP contribution in [0.25, 0.3) is 77.6 Å². The molecule has 1 heterocycles. The van der Waals surface area contributed by atoms with E-state index < -0.39 is 5.41 Å². The molecule has 0 saturated heterocycles. The lowest BCUT2D eigenvalue weighted by Gasteiger charge is -2.30. The molecule has 3 nitrogen and oxygen atoms in total. The van der Waals surface area contributed by atoms with Crippen LogP contribution in [0, 0.1) is 0 Å². The van der Waals surface area contributed by atoms with Gasteiger partial charge in [0.05, 0.1) is 11.1 Å². The first-order valence-corrected chi connectivity index (χ1v) is 26.5. The number of rotatable bonds is 10. The van der Waals surface area contributed by atoms with Gasteiger partial charge < -0.3 is 14.2 Å². The fourth-order valence-electron chi connectivity index (χ4n) is 11.5. The van der Waals surface area contributed by atoms with Gasteiger partial charge in [-0.05, 0) is 151 Å². The van der Waals surface area contributed by atoms with Gasteiger partial charge in [0.1, 0.15) is 11.2 Å². The van der Waals surface area contributed by atoms with Gasteiger partial charge in [0.25, 0.3) is 0 Å². The molecule has 0 radical (unpaired) electrons. The SMILES string of the molecule is CC(C)(C)c1ccc2oc3c4c(cc(N(c5ccc(-c6ccccc6)cc5)c5ccc(-c6ccccc6)cc5)c3c2c1)C(C)(C)c1cc(N(c2ccc(-c3ccccc3)cc2)c2ccc(-c3ccccc3)cc2)ccc1-4. The molecule has 1 aliphatic rings. The Labute approximate surface area is 446 Å². The molecular weight excluding hydrogens is 921 g/mol. The average molecular weight is 979 g/mol. The fourth-order valence-corrected chi connectivity index (χ4v) is 11.5. The number of furan rings is 1. The second-order valence-electron chi connectivity index (χ2n) is 21.8. The zero-order valence-corrected chi connectivity index (χ0v) is 43.6. The van der Waals surface area contributed by atoms with Crippen molar-refractivity contribution in [1.29, 1.82) is 0 Å². The predicted octanol–water partition coefficient (Wildman–Crippen LogP) is 20.8. The van der Waals surface area contributed by atoms with E-state index in [-0.39, 0.29) is 5.41 Å². The van der Waals surface area contributed by atoms with E-state index >= 15 is 0 Å². The Bertz CT molecular complexity index is 3880. The summed E-state index contributed by atoms with van der Waals surface area (Å²) in [4.78, 5) is 4.86. The second-order valence-corrected chi connectivity index (χ2v) is 21.8. The summed E-state index contributed by atoms with van der Waals surface area (Å²) in [6.07, 6.45) is 0. The predicted molar refractivity (Wildman–Crippen MR) is 321 cm³/mol. The Kier molecular flexibility index (Phi) is 11.4. The monoisotopic (exact) mass is 978 g/mol. The molecule has 0 spiro atoms. The van der Waals surface area contributed by atoms with Gasteiger partial charge in [0, 0.05) is 44.8 Å². The molecule has 1 aromatic heterocycles. The summed E-state index contributed by atoms with van der Waals surface area (Å²) in [7, 11) is 0. The third-order valence-corrected chi connectivity index (χ3v) is 15.6. The van der Waals surface area contributed by atoms with Crippen LogP contribution in [0.4, 0.5) is 34.1 Å². The molecule has 12 aromatic rings.